The predicted molar refractivity (Wildman–Crippen MR) is 60.5 cm³/mol. The number of carbonyl (C=O) groups is 1. The summed E-state index contributed by atoms with van der Waals surface area (Å²) in [6.07, 6.45) is 1.93. The summed E-state index contributed by atoms with van der Waals surface area (Å²) in [5, 5.41) is 0. The lowest BCUT2D eigenvalue weighted by atomic mass is 10.2. The maximum Gasteiger partial charge on any atom is 0.173 e. The summed E-state index contributed by atoms with van der Waals surface area (Å²) in [6, 6.07) is 3.74. The van der Waals surface area contributed by atoms with Gasteiger partial charge in [-0.15, -0.1) is 0 Å². The first-order valence-electron chi connectivity index (χ1n) is 4.55. The van der Waals surface area contributed by atoms with Gasteiger partial charge in [-0.05, 0) is 34.1 Å². The minimum atomic E-state index is -1.01. The van der Waals surface area contributed by atoms with Gasteiger partial charge in [0.2, 0.25) is 0 Å². The van der Waals surface area contributed by atoms with Crippen LogP contribution in [0.3, 0.4) is 0 Å². The highest BCUT2D eigenvalue weighted by Gasteiger charge is 2.14. The Labute approximate surface area is 104 Å². The molecule has 0 N–H and O–H groups in total. The zero-order chi connectivity index (χ0) is 12.4. The average Bonchev–Trinajstić information content (AvgIpc) is 2.36. The number of hydrogen-bond donors (Lipinski definition) is 0. The van der Waals surface area contributed by atoms with Gasteiger partial charge in [0, 0.05) is 11.8 Å². The Bertz CT molecular complexity index is 590. The minimum absolute atomic E-state index is 0.0689. The summed E-state index contributed by atoms with van der Waals surface area (Å²) in [5.41, 5.74) is 0.458. The standard InChI is InChI=1S/C11H5BrF2N2O/c12-9-7(1-2-8(13)10(9)14)11-15-4-3-6(5-17)16-11/h1-5H. The second-order valence-electron chi connectivity index (χ2n) is 3.15. The summed E-state index contributed by atoms with van der Waals surface area (Å²) in [4.78, 5) is 18.4. The molecule has 1 aromatic heterocycles. The van der Waals surface area contributed by atoms with Crippen molar-refractivity contribution in [2.24, 2.45) is 0 Å². The maximum atomic E-state index is 13.3. The SMILES string of the molecule is O=Cc1ccnc(-c2ccc(F)c(F)c2Br)n1. The van der Waals surface area contributed by atoms with E-state index in [0.29, 0.717) is 6.29 Å². The highest BCUT2D eigenvalue weighted by molar-refractivity contribution is 9.10. The molecule has 0 saturated heterocycles. The molecule has 2 aromatic rings. The van der Waals surface area contributed by atoms with Crippen LogP contribution in [0, 0.1) is 11.6 Å². The number of rotatable bonds is 2. The zero-order valence-corrected chi connectivity index (χ0v) is 9.91. The van der Waals surface area contributed by atoms with Gasteiger partial charge in [0.15, 0.2) is 23.7 Å². The van der Waals surface area contributed by atoms with Crippen molar-refractivity contribution in [3.05, 3.63) is 46.2 Å². The van der Waals surface area contributed by atoms with Gasteiger partial charge in [-0.1, -0.05) is 0 Å². The van der Waals surface area contributed by atoms with Crippen LogP contribution in [-0.2, 0) is 0 Å². The van der Waals surface area contributed by atoms with Crippen molar-refractivity contribution >= 4 is 22.2 Å². The van der Waals surface area contributed by atoms with E-state index in [1.54, 1.807) is 0 Å². The van der Waals surface area contributed by atoms with Crippen LogP contribution in [0.25, 0.3) is 11.4 Å². The van der Waals surface area contributed by atoms with Gasteiger partial charge in [0.25, 0.3) is 0 Å². The Morgan fingerprint density at radius 2 is 2.00 bits per heavy atom. The van der Waals surface area contributed by atoms with E-state index < -0.39 is 11.6 Å². The van der Waals surface area contributed by atoms with E-state index in [1.807, 2.05) is 0 Å². The number of benzene rings is 1. The fourth-order valence-electron chi connectivity index (χ4n) is 1.27. The molecular weight excluding hydrogens is 294 g/mol. The van der Waals surface area contributed by atoms with E-state index in [2.05, 4.69) is 25.9 Å². The summed E-state index contributed by atoms with van der Waals surface area (Å²) in [5.74, 6) is -1.82. The molecule has 0 aliphatic rings. The van der Waals surface area contributed by atoms with Gasteiger partial charge in [-0.2, -0.15) is 0 Å². The van der Waals surface area contributed by atoms with Gasteiger partial charge < -0.3 is 0 Å². The lowest BCUT2D eigenvalue weighted by molar-refractivity contribution is 0.111. The van der Waals surface area contributed by atoms with Crippen molar-refractivity contribution in [1.29, 1.82) is 0 Å². The molecule has 0 bridgehead atoms. The van der Waals surface area contributed by atoms with Crippen LogP contribution < -0.4 is 0 Å². The second-order valence-corrected chi connectivity index (χ2v) is 3.94. The third kappa shape index (κ3) is 2.21. The van der Waals surface area contributed by atoms with Crippen LogP contribution in [0.15, 0.2) is 28.9 Å². The van der Waals surface area contributed by atoms with Crippen LogP contribution in [0.1, 0.15) is 10.5 Å². The fraction of sp³-hybridized carbons (Fsp3) is 0. The third-order valence-corrected chi connectivity index (χ3v) is 2.85. The molecule has 0 aliphatic carbocycles. The van der Waals surface area contributed by atoms with Crippen LogP contribution in [0.5, 0.6) is 0 Å². The summed E-state index contributed by atoms with van der Waals surface area (Å²) < 4.78 is 26.2. The number of aromatic nitrogens is 2. The van der Waals surface area contributed by atoms with Crippen LogP contribution in [-0.4, -0.2) is 16.3 Å². The van der Waals surface area contributed by atoms with E-state index in [1.165, 1.54) is 18.3 Å². The molecule has 1 heterocycles. The summed E-state index contributed by atoms with van der Waals surface area (Å²) >= 11 is 2.93. The molecule has 0 saturated carbocycles. The Morgan fingerprint density at radius 1 is 1.24 bits per heavy atom. The zero-order valence-electron chi connectivity index (χ0n) is 8.32. The Morgan fingerprint density at radius 3 is 2.71 bits per heavy atom. The monoisotopic (exact) mass is 298 g/mol. The molecule has 86 valence electrons. The van der Waals surface area contributed by atoms with Gasteiger partial charge in [-0.3, -0.25) is 4.79 Å². The maximum absolute atomic E-state index is 13.3. The summed E-state index contributed by atoms with van der Waals surface area (Å²) in [7, 11) is 0. The first-order chi connectivity index (χ1) is 8.13. The summed E-state index contributed by atoms with van der Waals surface area (Å²) in [6.45, 7) is 0. The van der Waals surface area contributed by atoms with E-state index in [9.17, 15) is 13.6 Å². The van der Waals surface area contributed by atoms with Crippen LogP contribution in [0.4, 0.5) is 8.78 Å². The van der Waals surface area contributed by atoms with Gasteiger partial charge in [0.1, 0.15) is 5.69 Å². The van der Waals surface area contributed by atoms with Gasteiger partial charge in [0.05, 0.1) is 4.47 Å². The first kappa shape index (κ1) is 11.8. The quantitative estimate of drug-likeness (QED) is 0.632. The highest BCUT2D eigenvalue weighted by Crippen LogP contribution is 2.29. The van der Waals surface area contributed by atoms with Crippen molar-refractivity contribution in [1.82, 2.24) is 9.97 Å². The first-order valence-corrected chi connectivity index (χ1v) is 5.35. The topological polar surface area (TPSA) is 42.9 Å². The number of aldehydes is 1. The number of hydrogen-bond acceptors (Lipinski definition) is 3. The molecule has 0 radical (unpaired) electrons. The molecule has 3 nitrogen and oxygen atoms in total. The van der Waals surface area contributed by atoms with E-state index in [4.69, 9.17) is 0 Å². The smallest absolute Gasteiger partial charge is 0.173 e. The number of carbonyl (C=O) groups excluding carboxylic acids is 1. The van der Waals surface area contributed by atoms with Gasteiger partial charge in [-0.25, -0.2) is 18.7 Å². The van der Waals surface area contributed by atoms with Gasteiger partial charge >= 0.3 is 0 Å². The molecule has 0 aliphatic heterocycles. The van der Waals surface area contributed by atoms with Crippen LogP contribution in [0.2, 0.25) is 0 Å². The second kappa shape index (κ2) is 4.67. The Kier molecular flexibility index (Phi) is 3.23. The van der Waals surface area contributed by atoms with E-state index >= 15 is 0 Å². The largest absolute Gasteiger partial charge is 0.296 e. The fourth-order valence-corrected chi connectivity index (χ4v) is 1.77. The Balaban J connectivity index is 2.60. The molecular formula is C11H5BrF2N2O. The van der Waals surface area contributed by atoms with Crippen molar-refractivity contribution in [3.63, 3.8) is 0 Å². The predicted octanol–water partition coefficient (Wildman–Crippen LogP) is 3.00. The third-order valence-electron chi connectivity index (χ3n) is 2.07. The normalized spacial score (nSPS) is 10.3. The highest BCUT2D eigenvalue weighted by atomic mass is 79.9. The molecule has 0 fully saturated rings. The lowest BCUT2D eigenvalue weighted by Gasteiger charge is -2.04. The molecule has 6 heteroatoms. The number of halogens is 3. The molecule has 0 atom stereocenters. The van der Waals surface area contributed by atoms with Crippen molar-refractivity contribution < 1.29 is 13.6 Å². The average molecular weight is 299 g/mol. The molecule has 2 rings (SSSR count). The van der Waals surface area contributed by atoms with Crippen molar-refractivity contribution in [3.8, 4) is 11.4 Å². The molecule has 0 amide bonds. The van der Waals surface area contributed by atoms with Crippen LogP contribution >= 0.6 is 15.9 Å². The van der Waals surface area contributed by atoms with E-state index in [0.717, 1.165) is 6.07 Å². The number of nitrogens with zero attached hydrogens (tertiary/aromatic N) is 2. The molecule has 1 aromatic carbocycles. The van der Waals surface area contributed by atoms with E-state index in [-0.39, 0.29) is 21.6 Å². The molecule has 0 unspecified atom stereocenters. The minimum Gasteiger partial charge on any atom is -0.296 e. The molecule has 17 heavy (non-hydrogen) atoms. The lowest BCUT2D eigenvalue weighted by Crippen LogP contribution is -1.96. The molecule has 0 spiro atoms. The van der Waals surface area contributed by atoms with Crippen molar-refractivity contribution in [2.75, 3.05) is 0 Å². The Hall–Kier alpha value is -1.69. The van der Waals surface area contributed by atoms with Crippen molar-refractivity contribution in [2.45, 2.75) is 0 Å².